The van der Waals surface area contributed by atoms with E-state index in [9.17, 15) is 9.59 Å². The van der Waals surface area contributed by atoms with Gasteiger partial charge in [-0.25, -0.2) is 0 Å². The maximum Gasteiger partial charge on any atom is 0.258 e. The van der Waals surface area contributed by atoms with E-state index in [2.05, 4.69) is 5.32 Å². The molecule has 3 aromatic carbocycles. The van der Waals surface area contributed by atoms with Crippen LogP contribution in [0, 0.1) is 0 Å². The van der Waals surface area contributed by atoms with Crippen molar-refractivity contribution in [3.05, 3.63) is 84.4 Å². The summed E-state index contributed by atoms with van der Waals surface area (Å²) in [6, 6.07) is 24.3. The molecular formula is C25H24N2O4. The van der Waals surface area contributed by atoms with E-state index in [4.69, 9.17) is 9.47 Å². The van der Waals surface area contributed by atoms with Gasteiger partial charge in [-0.1, -0.05) is 30.3 Å². The molecule has 1 saturated heterocycles. The van der Waals surface area contributed by atoms with Gasteiger partial charge in [0.05, 0.1) is 0 Å². The lowest BCUT2D eigenvalue weighted by molar-refractivity contribution is -0.123. The molecule has 1 N–H and O–H groups in total. The summed E-state index contributed by atoms with van der Waals surface area (Å²) in [5.74, 6) is 2.01. The zero-order valence-corrected chi connectivity index (χ0v) is 17.1. The second-order valence-electron chi connectivity index (χ2n) is 7.27. The Morgan fingerprint density at radius 1 is 0.871 bits per heavy atom. The number of rotatable bonds is 8. The van der Waals surface area contributed by atoms with Crippen LogP contribution in [0.3, 0.4) is 0 Å². The lowest BCUT2D eigenvalue weighted by Gasteiger charge is -2.16. The number of hydrogen-bond acceptors (Lipinski definition) is 4. The molecule has 6 heteroatoms. The van der Waals surface area contributed by atoms with Crippen LogP contribution in [0.15, 0.2) is 78.9 Å². The molecule has 0 saturated carbocycles. The molecule has 1 aliphatic heterocycles. The first-order valence-corrected chi connectivity index (χ1v) is 10.3. The molecule has 1 heterocycles. The molecule has 2 amide bonds. The number of carbonyl (C=O) groups is 2. The zero-order valence-electron chi connectivity index (χ0n) is 17.1. The van der Waals surface area contributed by atoms with Crippen LogP contribution in [0.1, 0.15) is 18.4 Å². The molecule has 0 atom stereocenters. The maximum atomic E-state index is 12.1. The summed E-state index contributed by atoms with van der Waals surface area (Å²) in [6.45, 7) is 1.10. The van der Waals surface area contributed by atoms with Gasteiger partial charge in [0.2, 0.25) is 5.91 Å². The number of ether oxygens (including phenoxy) is 2. The summed E-state index contributed by atoms with van der Waals surface area (Å²) in [5, 5.41) is 2.84. The Morgan fingerprint density at radius 3 is 2.23 bits per heavy atom. The van der Waals surface area contributed by atoms with Crippen LogP contribution in [-0.4, -0.2) is 25.0 Å². The molecule has 4 rings (SSSR count). The normalized spacial score (nSPS) is 13.2. The Labute approximate surface area is 181 Å². The quantitative estimate of drug-likeness (QED) is 0.595. The van der Waals surface area contributed by atoms with Gasteiger partial charge in [-0.2, -0.15) is 0 Å². The van der Waals surface area contributed by atoms with Gasteiger partial charge in [-0.15, -0.1) is 0 Å². The monoisotopic (exact) mass is 416 g/mol. The van der Waals surface area contributed by atoms with Crippen molar-refractivity contribution in [2.45, 2.75) is 19.4 Å². The van der Waals surface area contributed by atoms with Crippen LogP contribution in [0.2, 0.25) is 0 Å². The highest BCUT2D eigenvalue weighted by Gasteiger charge is 2.21. The van der Waals surface area contributed by atoms with Crippen LogP contribution in [0.4, 0.5) is 5.69 Å². The van der Waals surface area contributed by atoms with Gasteiger partial charge >= 0.3 is 0 Å². The number of nitrogens with one attached hydrogen (secondary N) is 1. The van der Waals surface area contributed by atoms with E-state index in [0.29, 0.717) is 24.5 Å². The minimum Gasteiger partial charge on any atom is -0.484 e. The highest BCUT2D eigenvalue weighted by atomic mass is 16.5. The number of hydrogen-bond donors (Lipinski definition) is 1. The molecule has 158 valence electrons. The molecule has 0 aromatic heterocycles. The highest BCUT2D eigenvalue weighted by molar-refractivity contribution is 5.95. The summed E-state index contributed by atoms with van der Waals surface area (Å²) in [7, 11) is 0. The summed E-state index contributed by atoms with van der Waals surface area (Å²) in [6.07, 6.45) is 1.51. The van der Waals surface area contributed by atoms with Gasteiger partial charge in [-0.3, -0.25) is 9.59 Å². The minimum absolute atomic E-state index is 0.0702. The molecule has 6 nitrogen and oxygen atoms in total. The largest absolute Gasteiger partial charge is 0.484 e. The van der Waals surface area contributed by atoms with E-state index in [1.54, 1.807) is 29.2 Å². The van der Waals surface area contributed by atoms with Crippen LogP contribution in [0.25, 0.3) is 0 Å². The van der Waals surface area contributed by atoms with Crippen molar-refractivity contribution < 1.29 is 19.1 Å². The molecule has 0 spiro atoms. The van der Waals surface area contributed by atoms with Crippen molar-refractivity contribution in [3.63, 3.8) is 0 Å². The second-order valence-corrected chi connectivity index (χ2v) is 7.27. The van der Waals surface area contributed by atoms with Crippen LogP contribution < -0.4 is 19.7 Å². The topological polar surface area (TPSA) is 67.9 Å². The van der Waals surface area contributed by atoms with E-state index in [1.165, 1.54) is 0 Å². The predicted octanol–water partition coefficient (Wildman–Crippen LogP) is 4.30. The second kappa shape index (κ2) is 9.80. The average Bonchev–Trinajstić information content (AvgIpc) is 3.24. The number of carbonyl (C=O) groups excluding carboxylic acids is 2. The van der Waals surface area contributed by atoms with Gasteiger partial charge in [0.25, 0.3) is 5.91 Å². The number of nitrogens with zero attached hydrogens (tertiary/aromatic N) is 1. The Hall–Kier alpha value is -3.80. The lowest BCUT2D eigenvalue weighted by atomic mass is 10.2. The maximum absolute atomic E-state index is 12.1. The molecule has 0 bridgehead atoms. The fourth-order valence-electron chi connectivity index (χ4n) is 3.34. The first-order chi connectivity index (χ1) is 15.2. The van der Waals surface area contributed by atoms with Gasteiger partial charge in [-0.05, 0) is 60.5 Å². The fraction of sp³-hybridized carbons (Fsp3) is 0.200. The smallest absolute Gasteiger partial charge is 0.258 e. The van der Waals surface area contributed by atoms with E-state index >= 15 is 0 Å². The van der Waals surface area contributed by atoms with Crippen LogP contribution in [-0.2, 0) is 16.1 Å². The van der Waals surface area contributed by atoms with Crippen molar-refractivity contribution in [2.75, 3.05) is 18.1 Å². The zero-order chi connectivity index (χ0) is 21.5. The van der Waals surface area contributed by atoms with Crippen molar-refractivity contribution in [1.29, 1.82) is 0 Å². The Kier molecular flexibility index (Phi) is 6.47. The first-order valence-electron chi connectivity index (χ1n) is 10.3. The third-order valence-electron chi connectivity index (χ3n) is 4.98. The van der Waals surface area contributed by atoms with Gasteiger partial charge in [0.15, 0.2) is 6.61 Å². The lowest BCUT2D eigenvalue weighted by Crippen LogP contribution is -2.28. The summed E-state index contributed by atoms with van der Waals surface area (Å²) in [5.41, 5.74) is 1.87. The van der Waals surface area contributed by atoms with Crippen molar-refractivity contribution in [1.82, 2.24) is 5.32 Å². The minimum atomic E-state index is -0.205. The molecule has 3 aromatic rings. The summed E-state index contributed by atoms with van der Waals surface area (Å²) < 4.78 is 11.3. The standard InChI is InChI=1S/C25H24N2O4/c28-24(26-17-19-8-10-20(11-9-19)27-16-4-7-25(27)29)18-30-21-12-14-23(15-13-21)31-22-5-2-1-3-6-22/h1-3,5-6,8-15H,4,7,16-18H2,(H,26,28). The predicted molar refractivity (Wildman–Crippen MR) is 118 cm³/mol. The van der Waals surface area contributed by atoms with E-state index < -0.39 is 0 Å². The molecular weight excluding hydrogens is 392 g/mol. The Balaban J connectivity index is 1.21. The molecule has 0 radical (unpaired) electrons. The van der Waals surface area contributed by atoms with E-state index in [1.807, 2.05) is 54.6 Å². The van der Waals surface area contributed by atoms with Crippen LogP contribution >= 0.6 is 0 Å². The van der Waals surface area contributed by atoms with Crippen molar-refractivity contribution in [3.8, 4) is 17.2 Å². The molecule has 0 aliphatic carbocycles. The third-order valence-corrected chi connectivity index (χ3v) is 4.98. The average molecular weight is 416 g/mol. The van der Waals surface area contributed by atoms with Crippen molar-refractivity contribution >= 4 is 17.5 Å². The third kappa shape index (κ3) is 5.63. The highest BCUT2D eigenvalue weighted by Crippen LogP contribution is 2.24. The molecule has 31 heavy (non-hydrogen) atoms. The summed E-state index contributed by atoms with van der Waals surface area (Å²) in [4.78, 5) is 25.7. The molecule has 0 unspecified atom stereocenters. The first kappa shape index (κ1) is 20.5. The van der Waals surface area contributed by atoms with Gasteiger partial charge < -0.3 is 19.7 Å². The number of anilines is 1. The van der Waals surface area contributed by atoms with E-state index in [-0.39, 0.29) is 18.4 Å². The Bertz CT molecular complexity index is 1020. The molecule has 1 fully saturated rings. The number of benzene rings is 3. The SMILES string of the molecule is O=C(COc1ccc(Oc2ccccc2)cc1)NCc1ccc(N2CCCC2=O)cc1. The van der Waals surface area contributed by atoms with Crippen LogP contribution in [0.5, 0.6) is 17.2 Å². The number of amides is 2. The van der Waals surface area contributed by atoms with E-state index in [0.717, 1.165) is 30.0 Å². The van der Waals surface area contributed by atoms with Gasteiger partial charge in [0, 0.05) is 25.2 Å². The van der Waals surface area contributed by atoms with Gasteiger partial charge in [0.1, 0.15) is 17.2 Å². The fourth-order valence-corrected chi connectivity index (χ4v) is 3.34. The molecule has 1 aliphatic rings. The summed E-state index contributed by atoms with van der Waals surface area (Å²) >= 11 is 0. The Morgan fingerprint density at radius 2 is 1.55 bits per heavy atom. The van der Waals surface area contributed by atoms with Crippen molar-refractivity contribution in [2.24, 2.45) is 0 Å². The number of para-hydroxylation sites is 1.